The highest BCUT2D eigenvalue weighted by Crippen LogP contribution is 2.16. The Labute approximate surface area is 134 Å². The van der Waals surface area contributed by atoms with Crippen molar-refractivity contribution in [1.29, 1.82) is 0 Å². The standard InChI is InChI=1S/C17H19N3O3/c1-2-12(21)8-9-14(16(18)22)20-17(23)13-7-3-5-11-6-4-10-19-15(11)13/h3-7,10,14H,2,8-9H2,1H3,(H2,18,22)(H,20,23)/t14-/m1/s1. The molecule has 0 spiro atoms. The molecule has 2 aromatic rings. The van der Waals surface area contributed by atoms with Crippen LogP contribution >= 0.6 is 0 Å². The lowest BCUT2D eigenvalue weighted by molar-refractivity contribution is -0.121. The number of pyridine rings is 1. The van der Waals surface area contributed by atoms with Crippen LogP contribution in [0.25, 0.3) is 10.9 Å². The third-order valence-electron chi connectivity index (χ3n) is 3.63. The van der Waals surface area contributed by atoms with E-state index in [1.807, 2.05) is 12.1 Å². The average molecular weight is 313 g/mol. The van der Waals surface area contributed by atoms with Crippen LogP contribution in [0.15, 0.2) is 36.5 Å². The van der Waals surface area contributed by atoms with Gasteiger partial charge < -0.3 is 11.1 Å². The lowest BCUT2D eigenvalue weighted by atomic mass is 10.1. The minimum absolute atomic E-state index is 0.0253. The van der Waals surface area contributed by atoms with Gasteiger partial charge in [0, 0.05) is 24.4 Å². The van der Waals surface area contributed by atoms with Crippen molar-refractivity contribution in [2.45, 2.75) is 32.2 Å². The molecule has 2 amide bonds. The molecule has 6 heteroatoms. The number of nitrogens with two attached hydrogens (primary N) is 1. The van der Waals surface area contributed by atoms with Gasteiger partial charge in [0.05, 0.1) is 11.1 Å². The molecule has 23 heavy (non-hydrogen) atoms. The van der Waals surface area contributed by atoms with E-state index in [0.717, 1.165) is 5.39 Å². The Morgan fingerprint density at radius 3 is 2.65 bits per heavy atom. The van der Waals surface area contributed by atoms with Crippen molar-refractivity contribution in [2.24, 2.45) is 5.73 Å². The zero-order chi connectivity index (χ0) is 16.8. The van der Waals surface area contributed by atoms with E-state index in [4.69, 9.17) is 5.73 Å². The minimum atomic E-state index is -0.878. The number of aromatic nitrogens is 1. The van der Waals surface area contributed by atoms with Crippen molar-refractivity contribution in [3.63, 3.8) is 0 Å². The zero-order valence-corrected chi connectivity index (χ0v) is 12.9. The number of primary amides is 1. The molecule has 1 atom stereocenters. The molecule has 0 aliphatic rings. The monoisotopic (exact) mass is 313 g/mol. The number of amides is 2. The van der Waals surface area contributed by atoms with E-state index in [1.165, 1.54) is 0 Å². The van der Waals surface area contributed by atoms with Gasteiger partial charge in [-0.1, -0.05) is 25.1 Å². The molecule has 0 fully saturated rings. The van der Waals surface area contributed by atoms with Crippen LogP contribution in [0.4, 0.5) is 0 Å². The van der Waals surface area contributed by atoms with Gasteiger partial charge in [-0.3, -0.25) is 19.4 Å². The summed E-state index contributed by atoms with van der Waals surface area (Å²) in [5.74, 6) is -1.06. The predicted octanol–water partition coefficient (Wildman–Crippen LogP) is 1.58. The number of rotatable bonds is 7. The minimum Gasteiger partial charge on any atom is -0.368 e. The molecule has 0 unspecified atom stereocenters. The summed E-state index contributed by atoms with van der Waals surface area (Å²) in [6, 6.07) is 8.00. The van der Waals surface area contributed by atoms with Crippen LogP contribution in [0.3, 0.4) is 0 Å². The van der Waals surface area contributed by atoms with Crippen LogP contribution in [0.1, 0.15) is 36.5 Å². The van der Waals surface area contributed by atoms with E-state index in [9.17, 15) is 14.4 Å². The highest BCUT2D eigenvalue weighted by atomic mass is 16.2. The van der Waals surface area contributed by atoms with E-state index in [-0.39, 0.29) is 18.6 Å². The SMILES string of the molecule is CCC(=O)CC[C@@H](NC(=O)c1cccc2cccnc12)C(N)=O. The maximum absolute atomic E-state index is 12.4. The van der Waals surface area contributed by atoms with Crippen LogP contribution in [-0.2, 0) is 9.59 Å². The lowest BCUT2D eigenvalue weighted by Gasteiger charge is -2.15. The summed E-state index contributed by atoms with van der Waals surface area (Å²) >= 11 is 0. The number of hydrogen-bond donors (Lipinski definition) is 2. The summed E-state index contributed by atoms with van der Waals surface area (Å²) in [5, 5.41) is 3.43. The number of para-hydroxylation sites is 1. The third-order valence-corrected chi connectivity index (χ3v) is 3.63. The van der Waals surface area contributed by atoms with Crippen LogP contribution in [0.2, 0.25) is 0 Å². The fourth-order valence-electron chi connectivity index (χ4n) is 2.29. The Hall–Kier alpha value is -2.76. The summed E-state index contributed by atoms with van der Waals surface area (Å²) in [7, 11) is 0. The fraction of sp³-hybridized carbons (Fsp3) is 0.294. The number of carbonyl (C=O) groups is 3. The van der Waals surface area contributed by atoms with Crippen molar-refractivity contribution in [2.75, 3.05) is 0 Å². The number of nitrogens with zero attached hydrogens (tertiary/aromatic N) is 1. The highest BCUT2D eigenvalue weighted by molar-refractivity contribution is 6.06. The number of benzene rings is 1. The summed E-state index contributed by atoms with van der Waals surface area (Å²) in [6.07, 6.45) is 2.40. The number of carbonyl (C=O) groups excluding carboxylic acids is 3. The number of fused-ring (bicyclic) bond motifs is 1. The molecule has 6 nitrogen and oxygen atoms in total. The van der Waals surface area contributed by atoms with E-state index in [1.54, 1.807) is 31.3 Å². The van der Waals surface area contributed by atoms with Gasteiger partial charge in [-0.05, 0) is 18.6 Å². The topological polar surface area (TPSA) is 102 Å². The van der Waals surface area contributed by atoms with Crippen molar-refractivity contribution < 1.29 is 14.4 Å². The van der Waals surface area contributed by atoms with Crippen molar-refractivity contribution in [3.05, 3.63) is 42.1 Å². The summed E-state index contributed by atoms with van der Waals surface area (Å²) < 4.78 is 0. The quantitative estimate of drug-likeness (QED) is 0.810. The van der Waals surface area contributed by atoms with Crippen LogP contribution in [-0.4, -0.2) is 28.6 Å². The molecular weight excluding hydrogens is 294 g/mol. The molecular formula is C17H19N3O3. The fourth-order valence-corrected chi connectivity index (χ4v) is 2.29. The first kappa shape index (κ1) is 16.6. The average Bonchev–Trinajstić information content (AvgIpc) is 2.57. The van der Waals surface area contributed by atoms with Gasteiger partial charge in [0.15, 0.2) is 0 Å². The van der Waals surface area contributed by atoms with Gasteiger partial charge in [0.2, 0.25) is 5.91 Å². The molecule has 0 aliphatic heterocycles. The van der Waals surface area contributed by atoms with Crippen molar-refractivity contribution in [1.82, 2.24) is 10.3 Å². The smallest absolute Gasteiger partial charge is 0.254 e. The first-order valence-corrected chi connectivity index (χ1v) is 7.48. The second-order valence-electron chi connectivity index (χ2n) is 5.24. The molecule has 2 rings (SSSR count). The van der Waals surface area contributed by atoms with Gasteiger partial charge in [0.1, 0.15) is 11.8 Å². The molecule has 120 valence electrons. The van der Waals surface area contributed by atoms with E-state index >= 15 is 0 Å². The number of hydrogen-bond acceptors (Lipinski definition) is 4. The molecule has 0 bridgehead atoms. The zero-order valence-electron chi connectivity index (χ0n) is 12.9. The molecule has 3 N–H and O–H groups in total. The Kier molecular flexibility index (Phi) is 5.41. The first-order chi connectivity index (χ1) is 11.0. The summed E-state index contributed by atoms with van der Waals surface area (Å²) in [4.78, 5) is 39.6. The Morgan fingerprint density at radius 2 is 1.96 bits per heavy atom. The van der Waals surface area contributed by atoms with Gasteiger partial charge in [-0.2, -0.15) is 0 Å². The van der Waals surface area contributed by atoms with Crippen LogP contribution in [0.5, 0.6) is 0 Å². The summed E-state index contributed by atoms with van der Waals surface area (Å²) in [5.41, 5.74) is 6.25. The molecule has 1 aromatic carbocycles. The Balaban J connectivity index is 2.17. The largest absolute Gasteiger partial charge is 0.368 e. The molecule has 0 saturated heterocycles. The second kappa shape index (κ2) is 7.49. The highest BCUT2D eigenvalue weighted by Gasteiger charge is 2.21. The maximum atomic E-state index is 12.4. The van der Waals surface area contributed by atoms with Gasteiger partial charge >= 0.3 is 0 Å². The van der Waals surface area contributed by atoms with Gasteiger partial charge in [-0.25, -0.2) is 0 Å². The molecule has 0 aliphatic carbocycles. The van der Waals surface area contributed by atoms with Gasteiger partial charge in [0.25, 0.3) is 5.91 Å². The van der Waals surface area contributed by atoms with Crippen molar-refractivity contribution in [3.8, 4) is 0 Å². The Morgan fingerprint density at radius 1 is 1.22 bits per heavy atom. The molecule has 1 heterocycles. The third kappa shape index (κ3) is 4.12. The molecule has 0 saturated carbocycles. The van der Waals surface area contributed by atoms with Crippen LogP contribution in [0, 0.1) is 0 Å². The summed E-state index contributed by atoms with van der Waals surface area (Å²) in [6.45, 7) is 1.75. The normalized spacial score (nSPS) is 11.9. The number of nitrogens with one attached hydrogen (secondary N) is 1. The molecule has 0 radical (unpaired) electrons. The Bertz CT molecular complexity index is 737. The lowest BCUT2D eigenvalue weighted by Crippen LogP contribution is -2.44. The van der Waals surface area contributed by atoms with E-state index < -0.39 is 17.9 Å². The van der Waals surface area contributed by atoms with Crippen molar-refractivity contribution >= 4 is 28.5 Å². The number of ketones is 1. The van der Waals surface area contributed by atoms with Gasteiger partial charge in [-0.15, -0.1) is 0 Å². The molecule has 1 aromatic heterocycles. The maximum Gasteiger partial charge on any atom is 0.254 e. The predicted molar refractivity (Wildman–Crippen MR) is 86.7 cm³/mol. The van der Waals surface area contributed by atoms with E-state index in [0.29, 0.717) is 17.5 Å². The van der Waals surface area contributed by atoms with Crippen LogP contribution < -0.4 is 11.1 Å². The van der Waals surface area contributed by atoms with E-state index in [2.05, 4.69) is 10.3 Å². The first-order valence-electron chi connectivity index (χ1n) is 7.48. The second-order valence-corrected chi connectivity index (χ2v) is 5.24. The number of Topliss-reactive ketones (excluding diaryl/α,β-unsaturated/α-hetero) is 1.